The minimum Gasteiger partial charge on any atom is -0.374 e. The largest absolute Gasteiger partial charge is 0.417 e. The third-order valence-electron chi connectivity index (χ3n) is 12.1. The molecule has 3 heterocycles. The molecule has 12 nitrogen and oxygen atoms in total. The van der Waals surface area contributed by atoms with Crippen LogP contribution in [0, 0.1) is 17.2 Å². The van der Waals surface area contributed by atoms with E-state index in [9.17, 15) is 37.6 Å². The lowest BCUT2D eigenvalue weighted by molar-refractivity contribution is -0.138. The zero-order valence-corrected chi connectivity index (χ0v) is 33.8. The molecule has 4 atom stereocenters. The van der Waals surface area contributed by atoms with Crippen molar-refractivity contribution < 1.29 is 32.3 Å². The summed E-state index contributed by atoms with van der Waals surface area (Å²) in [5.74, 6) is -0.514. The van der Waals surface area contributed by atoms with E-state index in [0.717, 1.165) is 70.3 Å². The van der Waals surface area contributed by atoms with Crippen molar-refractivity contribution >= 4 is 53.3 Å². The van der Waals surface area contributed by atoms with Crippen molar-refractivity contribution in [3.63, 3.8) is 0 Å². The lowest BCUT2D eigenvalue weighted by Crippen LogP contribution is -2.58. The number of nitrogens with one attached hydrogen (secondary N) is 3. The highest BCUT2D eigenvalue weighted by atomic mass is 32.1. The van der Waals surface area contributed by atoms with Gasteiger partial charge in [-0.1, -0.05) is 6.07 Å². The van der Waals surface area contributed by atoms with Crippen LogP contribution >= 0.6 is 12.6 Å². The number of imide groups is 1. The number of hydrogen-bond donors (Lipinski definition) is 4. The third kappa shape index (κ3) is 9.59. The number of nitriles is 1. The molecule has 4 amide bonds. The van der Waals surface area contributed by atoms with Crippen LogP contribution in [0.5, 0.6) is 0 Å². The number of thiol groups is 1. The first-order valence-corrected chi connectivity index (χ1v) is 20.4. The molecule has 0 bridgehead atoms. The highest BCUT2D eigenvalue weighted by Gasteiger charge is 2.54. The zero-order chi connectivity index (χ0) is 41.2. The molecule has 4 fully saturated rings. The molecule has 3 N–H and O–H groups in total. The number of alkyl halides is 3. The fourth-order valence-electron chi connectivity index (χ4n) is 9.19. The number of benzene rings is 2. The van der Waals surface area contributed by atoms with Crippen molar-refractivity contribution in [1.29, 1.82) is 5.26 Å². The molecular formula is C41H53F3N8O4S. The van der Waals surface area contributed by atoms with E-state index in [1.54, 1.807) is 32.0 Å². The van der Waals surface area contributed by atoms with Crippen molar-refractivity contribution in [2.24, 2.45) is 5.92 Å². The van der Waals surface area contributed by atoms with E-state index >= 15 is 0 Å². The summed E-state index contributed by atoms with van der Waals surface area (Å²) < 4.78 is 41.3. The molecule has 0 spiro atoms. The van der Waals surface area contributed by atoms with Crippen LogP contribution in [0.2, 0.25) is 0 Å². The minimum absolute atomic E-state index is 0.0542. The molecule has 2 aromatic carbocycles. The number of carbonyl (C=O) groups excluding carboxylic acids is 4. The van der Waals surface area contributed by atoms with Crippen LogP contribution < -0.4 is 20.9 Å². The van der Waals surface area contributed by atoms with Gasteiger partial charge in [0, 0.05) is 54.7 Å². The predicted octanol–water partition coefficient (Wildman–Crippen LogP) is 5.81. The van der Waals surface area contributed by atoms with E-state index < -0.39 is 34.4 Å². The van der Waals surface area contributed by atoms with Crippen LogP contribution in [0.1, 0.15) is 90.2 Å². The van der Waals surface area contributed by atoms with E-state index in [2.05, 4.69) is 39.6 Å². The van der Waals surface area contributed by atoms with Crippen molar-refractivity contribution in [2.45, 2.75) is 120 Å². The lowest BCUT2D eigenvalue weighted by atomic mass is 9.81. The lowest BCUT2D eigenvalue weighted by Gasteiger charge is -2.44. The number of hydrogen-bond acceptors (Lipinski definition) is 10. The van der Waals surface area contributed by atoms with Crippen molar-refractivity contribution in [2.75, 3.05) is 41.7 Å². The van der Waals surface area contributed by atoms with Crippen LogP contribution in [0.15, 0.2) is 42.5 Å². The molecule has 6 rings (SSSR count). The Balaban J connectivity index is 0.942. The third-order valence-corrected chi connectivity index (χ3v) is 12.6. The summed E-state index contributed by atoms with van der Waals surface area (Å²) in [5.41, 5.74) is -1.87. The molecule has 4 aliphatic rings. The summed E-state index contributed by atoms with van der Waals surface area (Å²) >= 11 is 4.79. The predicted molar refractivity (Wildman–Crippen MR) is 214 cm³/mol. The Bertz CT molecular complexity index is 1870. The monoisotopic (exact) mass is 810 g/mol. The molecule has 1 saturated carbocycles. The Hall–Kier alpha value is -4.17. The van der Waals surface area contributed by atoms with Gasteiger partial charge in [0.2, 0.25) is 23.6 Å². The molecule has 57 heavy (non-hydrogen) atoms. The highest BCUT2D eigenvalue weighted by Crippen LogP contribution is 2.44. The van der Waals surface area contributed by atoms with Gasteiger partial charge in [-0.3, -0.25) is 39.2 Å². The van der Waals surface area contributed by atoms with Crippen LogP contribution in [0.4, 0.5) is 30.2 Å². The first-order valence-electron chi connectivity index (χ1n) is 19.9. The maximum atomic E-state index is 13.8. The summed E-state index contributed by atoms with van der Waals surface area (Å²) in [7, 11) is 0. The molecule has 3 aliphatic heterocycles. The maximum Gasteiger partial charge on any atom is 0.417 e. The molecular weight excluding hydrogens is 758 g/mol. The Labute approximate surface area is 337 Å². The number of rotatable bonds is 11. The molecule has 1 aliphatic carbocycles. The highest BCUT2D eigenvalue weighted by molar-refractivity contribution is 7.81. The zero-order valence-electron chi connectivity index (χ0n) is 32.9. The first kappa shape index (κ1) is 42.4. The summed E-state index contributed by atoms with van der Waals surface area (Å²) in [6.07, 6.45) is 1.80. The standard InChI is InChI=1S/C41H53F3N8O4S/c1-25-22-49(23-26(2)50(25)24-36(54)47-30-9-5-8-29(19-30)46-34-16-17-35(53)48-37(34)55)18-6-7-27-10-13-31(14-11-27)52-39(57)51(38(56)40(52,3)4)32-15-12-28(21-45)33(20-32)41(42,43)44/h5,8-9,12,15,19-20,25-27,31,34,39,46,57H,6-7,10-11,13-14,16-18,22-24H2,1-4H3,(H,47,54)(H,48,53,55)/t25-,26+,27?,31?,34-,39?/m1/s1. The second-order valence-corrected chi connectivity index (χ2v) is 17.0. The summed E-state index contributed by atoms with van der Waals surface area (Å²) in [6.45, 7) is 10.9. The van der Waals surface area contributed by atoms with E-state index in [-0.39, 0.29) is 60.4 Å². The number of piperidine rings is 1. The van der Waals surface area contributed by atoms with Crippen molar-refractivity contribution in [3.05, 3.63) is 53.6 Å². The average molecular weight is 811 g/mol. The average Bonchev–Trinajstić information content (AvgIpc) is 3.32. The second-order valence-electron chi connectivity index (χ2n) is 16.6. The van der Waals surface area contributed by atoms with Crippen LogP contribution in [0.3, 0.4) is 0 Å². The Morgan fingerprint density at radius 1 is 1.00 bits per heavy atom. The number of nitrogens with zero attached hydrogens (tertiary/aromatic N) is 5. The maximum absolute atomic E-state index is 13.8. The molecule has 1 unspecified atom stereocenters. The van der Waals surface area contributed by atoms with Gasteiger partial charge in [-0.2, -0.15) is 18.4 Å². The smallest absolute Gasteiger partial charge is 0.374 e. The van der Waals surface area contributed by atoms with Gasteiger partial charge >= 0.3 is 6.18 Å². The van der Waals surface area contributed by atoms with Gasteiger partial charge in [-0.15, -0.1) is 12.6 Å². The molecule has 0 radical (unpaired) electrons. The Kier molecular flexibility index (Phi) is 12.9. The Morgan fingerprint density at radius 2 is 1.68 bits per heavy atom. The van der Waals surface area contributed by atoms with Crippen molar-refractivity contribution in [1.82, 2.24) is 20.0 Å². The number of halogens is 3. The van der Waals surface area contributed by atoms with E-state index in [1.165, 1.54) is 11.0 Å². The molecule has 16 heteroatoms. The first-order chi connectivity index (χ1) is 27.0. The van der Waals surface area contributed by atoms with Gasteiger partial charge in [0.15, 0.2) is 0 Å². The number of piperazine rings is 1. The summed E-state index contributed by atoms with van der Waals surface area (Å²) in [6, 6.07) is 12.1. The SMILES string of the molecule is C[C@@H]1CN(CCCC2CCC(N3C(S)N(c4ccc(C#N)c(C(F)(F)F)c4)C(=O)C3(C)C)CC2)C[C@H](C)N1CC(=O)Nc1cccc(N[C@@H]2CCC(=O)NC2=O)c1. The van der Waals surface area contributed by atoms with E-state index in [4.69, 9.17) is 12.6 Å². The molecule has 2 aromatic rings. The quantitative estimate of drug-likeness (QED) is 0.164. The topological polar surface area (TPSA) is 141 Å². The van der Waals surface area contributed by atoms with Gasteiger partial charge in [0.25, 0.3) is 0 Å². The van der Waals surface area contributed by atoms with Gasteiger partial charge < -0.3 is 15.5 Å². The van der Waals surface area contributed by atoms with Crippen LogP contribution in [0.25, 0.3) is 0 Å². The minimum atomic E-state index is -4.73. The van der Waals surface area contributed by atoms with E-state index in [1.807, 2.05) is 17.0 Å². The van der Waals surface area contributed by atoms with Gasteiger partial charge in [0.1, 0.15) is 11.5 Å². The van der Waals surface area contributed by atoms with Crippen molar-refractivity contribution in [3.8, 4) is 6.07 Å². The van der Waals surface area contributed by atoms with Crippen LogP contribution in [-0.2, 0) is 25.4 Å². The summed E-state index contributed by atoms with van der Waals surface area (Å²) in [4.78, 5) is 58.6. The van der Waals surface area contributed by atoms with Gasteiger partial charge in [0.05, 0.1) is 29.3 Å². The fourth-order valence-corrected chi connectivity index (χ4v) is 9.91. The van der Waals surface area contributed by atoms with Gasteiger partial charge in [-0.25, -0.2) is 0 Å². The van der Waals surface area contributed by atoms with Crippen LogP contribution in [-0.4, -0.2) is 99.7 Å². The molecule has 308 valence electrons. The normalized spacial score (nSPS) is 27.6. The number of anilines is 3. The molecule has 3 saturated heterocycles. The van der Waals surface area contributed by atoms with Gasteiger partial charge in [-0.05, 0) is 122 Å². The number of carbonyl (C=O) groups is 4. The number of amides is 4. The molecule has 0 aromatic heterocycles. The van der Waals surface area contributed by atoms with E-state index in [0.29, 0.717) is 23.7 Å². The second kappa shape index (κ2) is 17.4. The fraction of sp³-hybridized carbons (Fsp3) is 0.585. The Morgan fingerprint density at radius 3 is 2.33 bits per heavy atom. The summed E-state index contributed by atoms with van der Waals surface area (Å²) in [5, 5.41) is 17.7.